The fourth-order valence-corrected chi connectivity index (χ4v) is 3.64. The van der Waals surface area contributed by atoms with E-state index < -0.39 is 11.5 Å². The zero-order valence-corrected chi connectivity index (χ0v) is 15.9. The van der Waals surface area contributed by atoms with Crippen molar-refractivity contribution in [3.8, 4) is 0 Å². The van der Waals surface area contributed by atoms with Gasteiger partial charge in [-0.1, -0.05) is 60.2 Å². The molecule has 2 N–H and O–H groups in total. The number of nitrogens with zero attached hydrogens (tertiary/aromatic N) is 1. The second kappa shape index (κ2) is 7.82. The first kappa shape index (κ1) is 19.0. The van der Waals surface area contributed by atoms with E-state index in [1.807, 2.05) is 68.4 Å². The highest BCUT2D eigenvalue weighted by atomic mass is 16.6. The maximum atomic E-state index is 12.9. The zero-order valence-electron chi connectivity index (χ0n) is 15.9. The highest BCUT2D eigenvalue weighted by Crippen LogP contribution is 2.40. The largest absolute Gasteiger partial charge is 0.438 e. The van der Waals surface area contributed by atoms with Crippen LogP contribution in [0.5, 0.6) is 0 Å². The first-order valence-electron chi connectivity index (χ1n) is 9.31. The van der Waals surface area contributed by atoms with Crippen molar-refractivity contribution in [3.05, 3.63) is 71.3 Å². The third kappa shape index (κ3) is 4.13. The van der Waals surface area contributed by atoms with Gasteiger partial charge in [-0.2, -0.15) is 0 Å². The number of primary amides is 1. The van der Waals surface area contributed by atoms with Gasteiger partial charge in [0.1, 0.15) is 5.60 Å². The minimum absolute atomic E-state index is 0.0805. The monoisotopic (exact) mass is 366 g/mol. The number of hydrogen-bond donors (Lipinski definition) is 1. The molecule has 0 radical (unpaired) electrons. The molecule has 2 amide bonds. The summed E-state index contributed by atoms with van der Waals surface area (Å²) in [6.45, 7) is 4.60. The van der Waals surface area contributed by atoms with Gasteiger partial charge in [-0.3, -0.25) is 4.79 Å². The Labute approximate surface area is 160 Å². The predicted molar refractivity (Wildman–Crippen MR) is 104 cm³/mol. The van der Waals surface area contributed by atoms with Crippen molar-refractivity contribution in [3.63, 3.8) is 0 Å². The summed E-state index contributed by atoms with van der Waals surface area (Å²) < 4.78 is 5.97. The fourth-order valence-electron chi connectivity index (χ4n) is 3.64. The Bertz CT molecular complexity index is 804. The SMILES string of the molecule is Cc1ccc([C@H](C)N2CCC(CCC(N)=O)(c3ccccc3)OC2=O)cc1. The second-order valence-electron chi connectivity index (χ2n) is 7.22. The average molecular weight is 366 g/mol. The number of hydrogen-bond acceptors (Lipinski definition) is 3. The van der Waals surface area contributed by atoms with Crippen molar-refractivity contribution in [2.45, 2.75) is 44.8 Å². The summed E-state index contributed by atoms with van der Waals surface area (Å²) in [5.41, 5.74) is 7.70. The van der Waals surface area contributed by atoms with Gasteiger partial charge in [0.05, 0.1) is 6.04 Å². The van der Waals surface area contributed by atoms with Crippen LogP contribution in [-0.2, 0) is 15.1 Å². The smallest absolute Gasteiger partial charge is 0.411 e. The lowest BCUT2D eigenvalue weighted by Crippen LogP contribution is -2.49. The number of amides is 2. The maximum absolute atomic E-state index is 12.9. The van der Waals surface area contributed by atoms with Crippen LogP contribution < -0.4 is 5.73 Å². The molecule has 3 rings (SSSR count). The van der Waals surface area contributed by atoms with Crippen molar-refractivity contribution >= 4 is 12.0 Å². The number of aryl methyl sites for hydroxylation is 1. The van der Waals surface area contributed by atoms with Gasteiger partial charge in [0.25, 0.3) is 0 Å². The molecule has 1 heterocycles. The molecule has 0 aliphatic carbocycles. The van der Waals surface area contributed by atoms with E-state index in [2.05, 4.69) is 0 Å². The Balaban J connectivity index is 1.82. The molecule has 2 aromatic carbocycles. The minimum Gasteiger partial charge on any atom is -0.438 e. The third-order valence-corrected chi connectivity index (χ3v) is 5.38. The average Bonchev–Trinajstić information content (AvgIpc) is 2.67. The number of nitrogens with two attached hydrogens (primary N) is 1. The minimum atomic E-state index is -0.809. The lowest BCUT2D eigenvalue weighted by atomic mass is 9.84. The van der Waals surface area contributed by atoms with Gasteiger partial charge in [0, 0.05) is 25.8 Å². The van der Waals surface area contributed by atoms with E-state index in [0.717, 1.165) is 11.1 Å². The highest BCUT2D eigenvalue weighted by molar-refractivity contribution is 5.74. The Morgan fingerprint density at radius 2 is 1.85 bits per heavy atom. The lowest BCUT2D eigenvalue weighted by molar-refractivity contribution is -0.121. The van der Waals surface area contributed by atoms with Crippen LogP contribution in [0.15, 0.2) is 54.6 Å². The molecule has 0 spiro atoms. The molecule has 5 heteroatoms. The van der Waals surface area contributed by atoms with Gasteiger partial charge < -0.3 is 15.4 Å². The van der Waals surface area contributed by atoms with Crippen LogP contribution >= 0.6 is 0 Å². The molecule has 1 saturated heterocycles. The molecule has 0 saturated carbocycles. The van der Waals surface area contributed by atoms with Gasteiger partial charge in [0.15, 0.2) is 0 Å². The summed E-state index contributed by atoms with van der Waals surface area (Å²) in [5, 5.41) is 0. The fraction of sp³-hybridized carbons (Fsp3) is 0.364. The molecule has 142 valence electrons. The molecule has 5 nitrogen and oxygen atoms in total. The van der Waals surface area contributed by atoms with Crippen LogP contribution in [0.4, 0.5) is 4.79 Å². The van der Waals surface area contributed by atoms with Gasteiger partial charge in [-0.25, -0.2) is 4.79 Å². The van der Waals surface area contributed by atoms with E-state index in [1.165, 1.54) is 5.56 Å². The number of ether oxygens (including phenoxy) is 1. The van der Waals surface area contributed by atoms with Crippen molar-refractivity contribution in [2.24, 2.45) is 5.73 Å². The summed E-state index contributed by atoms with van der Waals surface area (Å²) in [4.78, 5) is 26.0. The van der Waals surface area contributed by atoms with Crippen LogP contribution in [0, 0.1) is 6.92 Å². The zero-order chi connectivity index (χ0) is 19.4. The summed E-state index contributed by atoms with van der Waals surface area (Å²) >= 11 is 0. The first-order valence-corrected chi connectivity index (χ1v) is 9.31. The maximum Gasteiger partial charge on any atom is 0.411 e. The van der Waals surface area contributed by atoms with E-state index in [-0.39, 0.29) is 18.6 Å². The Morgan fingerprint density at radius 1 is 1.19 bits per heavy atom. The van der Waals surface area contributed by atoms with Crippen molar-refractivity contribution in [1.29, 1.82) is 0 Å². The molecule has 1 aliphatic heterocycles. The van der Waals surface area contributed by atoms with E-state index >= 15 is 0 Å². The van der Waals surface area contributed by atoms with Crippen LogP contribution in [0.25, 0.3) is 0 Å². The number of cyclic esters (lactones) is 1. The van der Waals surface area contributed by atoms with Crippen LogP contribution in [-0.4, -0.2) is 23.4 Å². The normalized spacial score (nSPS) is 20.8. The molecule has 2 atom stereocenters. The van der Waals surface area contributed by atoms with Crippen LogP contribution in [0.1, 0.15) is 48.9 Å². The standard InChI is InChI=1S/C22H26N2O3/c1-16-8-10-18(11-9-16)17(2)24-15-14-22(27-21(24)26,13-12-20(23)25)19-6-4-3-5-7-19/h3-11,17H,12-15H2,1-2H3,(H2,23,25)/t17-,22?/m0/s1. The van der Waals surface area contributed by atoms with E-state index in [9.17, 15) is 9.59 Å². The van der Waals surface area contributed by atoms with Gasteiger partial charge in [-0.05, 0) is 25.0 Å². The highest BCUT2D eigenvalue weighted by Gasteiger charge is 2.43. The molecule has 1 fully saturated rings. The van der Waals surface area contributed by atoms with E-state index in [1.54, 1.807) is 4.90 Å². The molecule has 27 heavy (non-hydrogen) atoms. The summed E-state index contributed by atoms with van der Waals surface area (Å²) in [5.74, 6) is -0.392. The van der Waals surface area contributed by atoms with Crippen molar-refractivity contribution < 1.29 is 14.3 Å². The second-order valence-corrected chi connectivity index (χ2v) is 7.22. The summed E-state index contributed by atoms with van der Waals surface area (Å²) in [7, 11) is 0. The Hall–Kier alpha value is -2.82. The topological polar surface area (TPSA) is 72.6 Å². The number of benzene rings is 2. The summed E-state index contributed by atoms with van der Waals surface area (Å²) in [6.07, 6.45) is 0.829. The molecule has 0 aromatic heterocycles. The summed E-state index contributed by atoms with van der Waals surface area (Å²) in [6, 6.07) is 17.7. The molecular weight excluding hydrogens is 340 g/mol. The Kier molecular flexibility index (Phi) is 5.49. The van der Waals surface area contributed by atoms with Gasteiger partial charge in [-0.15, -0.1) is 0 Å². The van der Waals surface area contributed by atoms with Crippen molar-refractivity contribution in [1.82, 2.24) is 4.90 Å². The molecule has 2 aromatic rings. The third-order valence-electron chi connectivity index (χ3n) is 5.38. The quantitative estimate of drug-likeness (QED) is 0.838. The molecule has 1 aliphatic rings. The number of carbonyl (C=O) groups excluding carboxylic acids is 2. The molecule has 1 unspecified atom stereocenters. The van der Waals surface area contributed by atoms with Gasteiger partial charge >= 0.3 is 6.09 Å². The van der Waals surface area contributed by atoms with Gasteiger partial charge in [0.2, 0.25) is 5.91 Å². The number of rotatable bonds is 6. The lowest BCUT2D eigenvalue weighted by Gasteiger charge is -2.43. The molecule has 0 bridgehead atoms. The predicted octanol–water partition coefficient (Wildman–Crippen LogP) is 4.06. The van der Waals surface area contributed by atoms with E-state index in [4.69, 9.17) is 10.5 Å². The van der Waals surface area contributed by atoms with Crippen molar-refractivity contribution in [2.75, 3.05) is 6.54 Å². The Morgan fingerprint density at radius 3 is 2.44 bits per heavy atom. The van der Waals surface area contributed by atoms with Crippen LogP contribution in [0.3, 0.4) is 0 Å². The van der Waals surface area contributed by atoms with Crippen LogP contribution in [0.2, 0.25) is 0 Å². The molecular formula is C22H26N2O3. The number of carbonyl (C=O) groups is 2. The van der Waals surface area contributed by atoms with E-state index in [0.29, 0.717) is 19.4 Å². The first-order chi connectivity index (χ1) is 12.9.